The zero-order valence-corrected chi connectivity index (χ0v) is 19.4. The molecule has 1 aromatic rings. The fourth-order valence-electron chi connectivity index (χ4n) is 4.49. The Bertz CT molecular complexity index is 701. The lowest BCUT2D eigenvalue weighted by molar-refractivity contribution is 0.203. The molecule has 0 atom stereocenters. The fourth-order valence-corrected chi connectivity index (χ4v) is 4.49. The fraction of sp³-hybridized carbons (Fsp3) is 0.640. The number of rotatable bonds is 8. The highest BCUT2D eigenvalue weighted by Crippen LogP contribution is 2.23. The summed E-state index contributed by atoms with van der Waals surface area (Å²) >= 11 is 0. The minimum atomic E-state index is 0.320. The van der Waals surface area contributed by atoms with Gasteiger partial charge in [0.2, 0.25) is 0 Å². The molecule has 0 amide bonds. The van der Waals surface area contributed by atoms with Crippen LogP contribution in [0.4, 0.5) is 5.69 Å². The number of guanidine groups is 1. The van der Waals surface area contributed by atoms with Crippen molar-refractivity contribution < 1.29 is 5.11 Å². The molecular formula is C25H41N5O. The Morgan fingerprint density at radius 1 is 1.10 bits per heavy atom. The zero-order valence-electron chi connectivity index (χ0n) is 19.4. The molecule has 6 heteroatoms. The van der Waals surface area contributed by atoms with Crippen LogP contribution < -0.4 is 15.5 Å². The second-order valence-corrected chi connectivity index (χ2v) is 9.13. The number of hydrogen-bond acceptors (Lipinski definition) is 4. The third-order valence-electron chi connectivity index (χ3n) is 6.36. The van der Waals surface area contributed by atoms with Gasteiger partial charge >= 0.3 is 0 Å². The number of aliphatic hydroxyl groups is 1. The van der Waals surface area contributed by atoms with E-state index in [1.54, 1.807) is 0 Å². The molecule has 0 bridgehead atoms. The first kappa shape index (κ1) is 23.6. The standard InChI is InChI=1S/C25H41N5O/c1-4-26-25(28-23-11-13-29(14-12-23)18-20(2)3)27-17-21-5-7-24(8-6-21)30-15-9-22(19-31)10-16-30/h5-8,22-23,31H,2,4,9-19H2,1,3H3,(H2,26,27,28). The van der Waals surface area contributed by atoms with Crippen molar-refractivity contribution >= 4 is 11.6 Å². The number of benzene rings is 1. The van der Waals surface area contributed by atoms with E-state index in [-0.39, 0.29) is 0 Å². The van der Waals surface area contributed by atoms with Gasteiger partial charge in [0.05, 0.1) is 6.54 Å². The van der Waals surface area contributed by atoms with E-state index in [0.717, 1.165) is 70.9 Å². The van der Waals surface area contributed by atoms with Crippen molar-refractivity contribution in [1.29, 1.82) is 0 Å². The van der Waals surface area contributed by atoms with Crippen molar-refractivity contribution in [3.05, 3.63) is 42.0 Å². The third kappa shape index (κ3) is 7.54. The second kappa shape index (κ2) is 12.1. The molecule has 0 aliphatic carbocycles. The Morgan fingerprint density at radius 3 is 2.35 bits per heavy atom. The summed E-state index contributed by atoms with van der Waals surface area (Å²) in [6.07, 6.45) is 4.43. The van der Waals surface area contributed by atoms with Crippen LogP contribution in [0.15, 0.2) is 41.4 Å². The van der Waals surface area contributed by atoms with Crippen LogP contribution in [0.3, 0.4) is 0 Å². The van der Waals surface area contributed by atoms with Crippen molar-refractivity contribution in [1.82, 2.24) is 15.5 Å². The lowest BCUT2D eigenvalue weighted by atomic mass is 9.97. The van der Waals surface area contributed by atoms with Crippen LogP contribution in [0, 0.1) is 5.92 Å². The van der Waals surface area contributed by atoms with Gasteiger partial charge in [-0.15, -0.1) is 0 Å². The molecule has 0 spiro atoms. The Morgan fingerprint density at radius 2 is 1.77 bits per heavy atom. The number of anilines is 1. The van der Waals surface area contributed by atoms with Gasteiger partial charge in [0.1, 0.15) is 0 Å². The Hall–Kier alpha value is -2.05. The molecule has 2 fully saturated rings. The Kier molecular flexibility index (Phi) is 9.22. The minimum absolute atomic E-state index is 0.320. The molecular weight excluding hydrogens is 386 g/mol. The number of aliphatic hydroxyl groups excluding tert-OH is 1. The van der Waals surface area contributed by atoms with Crippen LogP contribution in [-0.4, -0.2) is 67.9 Å². The van der Waals surface area contributed by atoms with Crippen LogP contribution in [0.25, 0.3) is 0 Å². The Labute approximate surface area is 188 Å². The third-order valence-corrected chi connectivity index (χ3v) is 6.36. The Balaban J connectivity index is 1.49. The predicted octanol–water partition coefficient (Wildman–Crippen LogP) is 2.99. The van der Waals surface area contributed by atoms with Crippen LogP contribution in [0.2, 0.25) is 0 Å². The molecule has 172 valence electrons. The molecule has 3 N–H and O–H groups in total. The SMILES string of the molecule is C=C(C)CN1CCC(NC(=NCc2ccc(N3CCC(CO)CC3)cc2)NCC)CC1. The largest absolute Gasteiger partial charge is 0.396 e. The molecule has 2 heterocycles. The average molecular weight is 428 g/mol. The summed E-state index contributed by atoms with van der Waals surface area (Å²) in [6.45, 7) is 15.4. The van der Waals surface area contributed by atoms with E-state index in [2.05, 4.69) is 65.1 Å². The maximum absolute atomic E-state index is 9.33. The summed E-state index contributed by atoms with van der Waals surface area (Å²) in [5.41, 5.74) is 3.74. The lowest BCUT2D eigenvalue weighted by Gasteiger charge is -2.33. The second-order valence-electron chi connectivity index (χ2n) is 9.13. The maximum Gasteiger partial charge on any atom is 0.191 e. The number of likely N-dealkylation sites (tertiary alicyclic amines) is 1. The van der Waals surface area contributed by atoms with Crippen molar-refractivity contribution in [2.24, 2.45) is 10.9 Å². The van der Waals surface area contributed by atoms with Crippen LogP contribution in [0.5, 0.6) is 0 Å². The van der Waals surface area contributed by atoms with E-state index in [4.69, 9.17) is 4.99 Å². The summed E-state index contributed by atoms with van der Waals surface area (Å²) in [5, 5.41) is 16.4. The van der Waals surface area contributed by atoms with E-state index in [0.29, 0.717) is 25.1 Å². The van der Waals surface area contributed by atoms with Gasteiger partial charge in [-0.3, -0.25) is 4.90 Å². The van der Waals surface area contributed by atoms with Gasteiger partial charge in [-0.25, -0.2) is 4.99 Å². The van der Waals surface area contributed by atoms with Gasteiger partial charge < -0.3 is 20.6 Å². The molecule has 0 unspecified atom stereocenters. The van der Waals surface area contributed by atoms with Gasteiger partial charge in [0.15, 0.2) is 5.96 Å². The van der Waals surface area contributed by atoms with Gasteiger partial charge in [-0.05, 0) is 63.1 Å². The zero-order chi connectivity index (χ0) is 22.1. The quantitative estimate of drug-likeness (QED) is 0.338. The highest BCUT2D eigenvalue weighted by atomic mass is 16.3. The first-order chi connectivity index (χ1) is 15.1. The summed E-state index contributed by atoms with van der Waals surface area (Å²) in [7, 11) is 0. The van der Waals surface area contributed by atoms with E-state index in [9.17, 15) is 5.11 Å². The smallest absolute Gasteiger partial charge is 0.191 e. The van der Waals surface area contributed by atoms with Crippen LogP contribution in [-0.2, 0) is 6.54 Å². The summed E-state index contributed by atoms with van der Waals surface area (Å²) < 4.78 is 0. The number of nitrogens with zero attached hydrogens (tertiary/aromatic N) is 3. The molecule has 31 heavy (non-hydrogen) atoms. The summed E-state index contributed by atoms with van der Waals surface area (Å²) in [4.78, 5) is 9.74. The number of aliphatic imine (C=N–C) groups is 1. The molecule has 0 aromatic heterocycles. The molecule has 0 saturated carbocycles. The van der Waals surface area contributed by atoms with Gasteiger partial charge in [-0.2, -0.15) is 0 Å². The topological polar surface area (TPSA) is 63.1 Å². The van der Waals surface area contributed by atoms with Crippen LogP contribution >= 0.6 is 0 Å². The minimum Gasteiger partial charge on any atom is -0.396 e. The molecule has 0 radical (unpaired) electrons. The van der Waals surface area contributed by atoms with E-state index in [1.165, 1.54) is 16.8 Å². The first-order valence-corrected chi connectivity index (χ1v) is 11.9. The van der Waals surface area contributed by atoms with Gasteiger partial charge in [0, 0.05) is 57.6 Å². The summed E-state index contributed by atoms with van der Waals surface area (Å²) in [5.74, 6) is 1.39. The highest BCUT2D eigenvalue weighted by Gasteiger charge is 2.20. The van der Waals surface area contributed by atoms with E-state index < -0.39 is 0 Å². The van der Waals surface area contributed by atoms with Gasteiger partial charge in [0.25, 0.3) is 0 Å². The first-order valence-electron chi connectivity index (χ1n) is 11.9. The molecule has 2 aliphatic heterocycles. The predicted molar refractivity (Wildman–Crippen MR) is 131 cm³/mol. The number of piperidine rings is 2. The van der Waals surface area contributed by atoms with Crippen molar-refractivity contribution in [2.45, 2.75) is 52.1 Å². The van der Waals surface area contributed by atoms with E-state index in [1.807, 2.05) is 0 Å². The molecule has 2 aliphatic rings. The summed E-state index contributed by atoms with van der Waals surface area (Å²) in [6, 6.07) is 9.28. The van der Waals surface area contributed by atoms with Crippen LogP contribution in [0.1, 0.15) is 45.1 Å². The number of nitrogens with one attached hydrogen (secondary N) is 2. The molecule has 3 rings (SSSR count). The lowest BCUT2D eigenvalue weighted by Crippen LogP contribution is -2.48. The average Bonchev–Trinajstić information content (AvgIpc) is 2.79. The molecule has 1 aromatic carbocycles. The molecule has 6 nitrogen and oxygen atoms in total. The van der Waals surface area contributed by atoms with E-state index >= 15 is 0 Å². The van der Waals surface area contributed by atoms with Gasteiger partial charge in [-0.1, -0.05) is 24.3 Å². The van der Waals surface area contributed by atoms with Crippen molar-refractivity contribution in [3.8, 4) is 0 Å². The highest BCUT2D eigenvalue weighted by molar-refractivity contribution is 5.80. The monoisotopic (exact) mass is 427 g/mol. The number of hydrogen-bond donors (Lipinski definition) is 3. The molecule has 2 saturated heterocycles. The maximum atomic E-state index is 9.33. The van der Waals surface area contributed by atoms with Crippen molar-refractivity contribution in [3.63, 3.8) is 0 Å². The normalized spacial score (nSPS) is 19.5. The van der Waals surface area contributed by atoms with Crippen molar-refractivity contribution in [2.75, 3.05) is 50.8 Å².